The van der Waals surface area contributed by atoms with Gasteiger partial charge in [-0.3, -0.25) is 9.59 Å². The van der Waals surface area contributed by atoms with Crippen LogP contribution in [0.3, 0.4) is 0 Å². The summed E-state index contributed by atoms with van der Waals surface area (Å²) in [4.78, 5) is 27.5. The fourth-order valence-corrected chi connectivity index (χ4v) is 4.10. The number of benzene rings is 2. The van der Waals surface area contributed by atoms with Crippen LogP contribution >= 0.6 is 34.2 Å². The molecule has 2 amide bonds. The number of amides is 2. The normalized spacial score (nSPS) is 14.9. The molecule has 30 heavy (non-hydrogen) atoms. The van der Waals surface area contributed by atoms with Gasteiger partial charge in [0.25, 0.3) is 5.91 Å². The zero-order valence-corrected chi connectivity index (χ0v) is 19.9. The van der Waals surface area contributed by atoms with Gasteiger partial charge in [-0.25, -0.2) is 0 Å². The highest BCUT2D eigenvalue weighted by Gasteiger charge is 2.29. The molecule has 0 heterocycles. The highest BCUT2D eigenvalue weighted by molar-refractivity contribution is 14.1. The lowest BCUT2D eigenvalue weighted by Crippen LogP contribution is -2.50. The van der Waals surface area contributed by atoms with Crippen molar-refractivity contribution in [3.05, 3.63) is 62.7 Å². The molecule has 0 saturated heterocycles. The molecule has 0 bridgehead atoms. The van der Waals surface area contributed by atoms with E-state index in [2.05, 4.69) is 27.9 Å². The van der Waals surface area contributed by atoms with Gasteiger partial charge in [0.1, 0.15) is 11.8 Å². The van der Waals surface area contributed by atoms with Crippen molar-refractivity contribution in [3.63, 3.8) is 0 Å². The van der Waals surface area contributed by atoms with Gasteiger partial charge in [0.15, 0.2) is 6.61 Å². The minimum Gasteiger partial charge on any atom is -0.484 e. The van der Waals surface area contributed by atoms with Crippen LogP contribution in [0, 0.1) is 3.57 Å². The molecule has 1 aliphatic carbocycles. The van der Waals surface area contributed by atoms with Gasteiger partial charge in [0.2, 0.25) is 5.91 Å². The third kappa shape index (κ3) is 6.35. The molecular formula is C23H26ClIN2O3. The Hall–Kier alpha value is -1.80. The average molecular weight is 541 g/mol. The predicted molar refractivity (Wildman–Crippen MR) is 127 cm³/mol. The molecule has 0 radical (unpaired) electrons. The lowest BCUT2D eigenvalue weighted by Gasteiger charge is -2.30. The molecular weight excluding hydrogens is 515 g/mol. The van der Waals surface area contributed by atoms with Crippen LogP contribution in [0.4, 0.5) is 0 Å². The molecule has 160 valence electrons. The van der Waals surface area contributed by atoms with E-state index >= 15 is 0 Å². The van der Waals surface area contributed by atoms with Crippen LogP contribution in [0.5, 0.6) is 5.75 Å². The summed E-state index contributed by atoms with van der Waals surface area (Å²) in [5.74, 6) is 0.212. The Balaban J connectivity index is 1.71. The molecule has 1 unspecified atom stereocenters. The number of nitrogens with zero attached hydrogens (tertiary/aromatic N) is 1. The van der Waals surface area contributed by atoms with E-state index in [9.17, 15) is 9.59 Å². The van der Waals surface area contributed by atoms with Gasteiger partial charge >= 0.3 is 0 Å². The molecule has 0 spiro atoms. The molecule has 0 aromatic heterocycles. The molecule has 1 fully saturated rings. The highest BCUT2D eigenvalue weighted by atomic mass is 127. The summed E-state index contributed by atoms with van der Waals surface area (Å²) in [7, 11) is 0. The Morgan fingerprint density at radius 2 is 1.83 bits per heavy atom. The van der Waals surface area contributed by atoms with Crippen LogP contribution in [0.15, 0.2) is 48.5 Å². The van der Waals surface area contributed by atoms with Gasteiger partial charge in [-0.1, -0.05) is 42.6 Å². The largest absolute Gasteiger partial charge is 0.484 e. The maximum atomic E-state index is 13.1. The second-order valence-electron chi connectivity index (χ2n) is 7.52. The Morgan fingerprint density at radius 3 is 2.50 bits per heavy atom. The van der Waals surface area contributed by atoms with E-state index in [1.165, 1.54) is 4.90 Å². The number of nitrogens with one attached hydrogen (secondary N) is 1. The van der Waals surface area contributed by atoms with Crippen molar-refractivity contribution in [3.8, 4) is 5.75 Å². The Bertz CT molecular complexity index is 869. The third-order valence-corrected chi connectivity index (χ3v) is 6.43. The van der Waals surface area contributed by atoms with Gasteiger partial charge in [-0.05, 0) is 78.3 Å². The van der Waals surface area contributed by atoms with E-state index in [0.717, 1.165) is 34.8 Å². The van der Waals surface area contributed by atoms with Gasteiger partial charge in [0, 0.05) is 21.2 Å². The summed E-state index contributed by atoms with van der Waals surface area (Å²) in [6.07, 6.45) is 4.25. The van der Waals surface area contributed by atoms with Gasteiger partial charge in [-0.15, -0.1) is 0 Å². The quantitative estimate of drug-likeness (QED) is 0.490. The summed E-state index contributed by atoms with van der Waals surface area (Å²) in [5.41, 5.74) is 0.794. The van der Waals surface area contributed by atoms with Crippen LogP contribution in [-0.2, 0) is 16.1 Å². The Labute approximate surface area is 196 Å². The summed E-state index contributed by atoms with van der Waals surface area (Å²) < 4.78 is 6.76. The minimum absolute atomic E-state index is 0.142. The molecule has 3 rings (SSSR count). The lowest BCUT2D eigenvalue weighted by molar-refractivity contribution is -0.142. The number of ether oxygens (including phenoxy) is 1. The first kappa shape index (κ1) is 22.9. The molecule has 2 aromatic rings. The van der Waals surface area contributed by atoms with Crippen molar-refractivity contribution in [1.82, 2.24) is 10.2 Å². The number of carbonyl (C=O) groups excluding carboxylic acids is 2. The Kier molecular flexibility index (Phi) is 8.39. The van der Waals surface area contributed by atoms with Crippen LogP contribution in [0.1, 0.15) is 38.2 Å². The summed E-state index contributed by atoms with van der Waals surface area (Å²) >= 11 is 8.52. The molecule has 2 aromatic carbocycles. The molecule has 1 N–H and O–H groups in total. The van der Waals surface area contributed by atoms with Crippen molar-refractivity contribution < 1.29 is 14.3 Å². The van der Waals surface area contributed by atoms with E-state index in [-0.39, 0.29) is 31.0 Å². The van der Waals surface area contributed by atoms with Gasteiger partial charge in [0.05, 0.1) is 0 Å². The first-order chi connectivity index (χ1) is 14.4. The van der Waals surface area contributed by atoms with E-state index in [1.54, 1.807) is 13.0 Å². The van der Waals surface area contributed by atoms with Crippen molar-refractivity contribution in [2.45, 2.75) is 51.2 Å². The fourth-order valence-electron chi connectivity index (χ4n) is 3.54. The van der Waals surface area contributed by atoms with E-state index < -0.39 is 6.04 Å². The zero-order chi connectivity index (χ0) is 21.5. The lowest BCUT2D eigenvalue weighted by atomic mass is 10.1. The second-order valence-corrected chi connectivity index (χ2v) is 9.17. The maximum Gasteiger partial charge on any atom is 0.261 e. The van der Waals surface area contributed by atoms with Crippen molar-refractivity contribution >= 4 is 46.0 Å². The van der Waals surface area contributed by atoms with Crippen molar-refractivity contribution in [2.24, 2.45) is 0 Å². The van der Waals surface area contributed by atoms with Gasteiger partial charge < -0.3 is 15.0 Å². The topological polar surface area (TPSA) is 58.6 Å². The third-order valence-electron chi connectivity index (χ3n) is 5.34. The zero-order valence-electron chi connectivity index (χ0n) is 16.9. The van der Waals surface area contributed by atoms with Gasteiger partial charge in [-0.2, -0.15) is 0 Å². The predicted octanol–water partition coefficient (Wildman–Crippen LogP) is 4.80. The maximum absolute atomic E-state index is 13.1. The molecule has 1 atom stereocenters. The Morgan fingerprint density at radius 1 is 1.17 bits per heavy atom. The van der Waals surface area contributed by atoms with Crippen molar-refractivity contribution in [2.75, 3.05) is 6.61 Å². The first-order valence-corrected chi connectivity index (χ1v) is 11.6. The number of hydrogen-bond acceptors (Lipinski definition) is 3. The molecule has 7 heteroatoms. The smallest absolute Gasteiger partial charge is 0.261 e. The summed E-state index contributed by atoms with van der Waals surface area (Å²) in [6.45, 7) is 1.85. The first-order valence-electron chi connectivity index (χ1n) is 10.2. The fraction of sp³-hybridized carbons (Fsp3) is 0.391. The summed E-state index contributed by atoms with van der Waals surface area (Å²) in [5, 5.41) is 3.65. The monoisotopic (exact) mass is 540 g/mol. The summed E-state index contributed by atoms with van der Waals surface area (Å²) in [6, 6.07) is 14.4. The van der Waals surface area contributed by atoms with Crippen LogP contribution < -0.4 is 10.1 Å². The van der Waals surface area contributed by atoms with Crippen LogP contribution in [-0.4, -0.2) is 35.4 Å². The second kappa shape index (κ2) is 11.0. The van der Waals surface area contributed by atoms with E-state index in [0.29, 0.717) is 10.8 Å². The average Bonchev–Trinajstić information content (AvgIpc) is 3.25. The number of carbonyl (C=O) groups is 2. The standard InChI is InChI=1S/C23H26ClIN2O3/c1-16(23(29)26-19-7-3-4-8-19)27(14-17-6-2-5-9-21(17)24)22(28)15-30-20-12-10-18(25)11-13-20/h2,5-6,9-13,16,19H,3-4,7-8,14-15H2,1H3,(H,26,29). The molecule has 0 aliphatic heterocycles. The number of hydrogen-bond donors (Lipinski definition) is 1. The molecule has 5 nitrogen and oxygen atoms in total. The van der Waals surface area contributed by atoms with Crippen LogP contribution in [0.2, 0.25) is 5.02 Å². The van der Waals surface area contributed by atoms with E-state index in [1.807, 2.05) is 42.5 Å². The number of halogens is 2. The van der Waals surface area contributed by atoms with E-state index in [4.69, 9.17) is 16.3 Å². The SMILES string of the molecule is CC(C(=O)NC1CCCC1)N(Cc1ccccc1Cl)C(=O)COc1ccc(I)cc1. The van der Waals surface area contributed by atoms with Crippen molar-refractivity contribution in [1.29, 1.82) is 0 Å². The highest BCUT2D eigenvalue weighted by Crippen LogP contribution is 2.21. The minimum atomic E-state index is -0.630. The molecule has 1 saturated carbocycles. The molecule has 1 aliphatic rings. The van der Waals surface area contributed by atoms with Crippen LogP contribution in [0.25, 0.3) is 0 Å². The number of rotatable bonds is 8.